The predicted octanol–water partition coefficient (Wildman–Crippen LogP) is 2.17. The fraction of sp³-hybridized carbons (Fsp3) is 0.867. The summed E-state index contributed by atoms with van der Waals surface area (Å²) < 4.78 is 7.80. The van der Waals surface area contributed by atoms with E-state index in [2.05, 4.69) is 29.2 Å². The number of nitrogens with zero attached hydrogens (tertiary/aromatic N) is 3. The number of ether oxygens (including phenoxy) is 1. The molecule has 0 amide bonds. The van der Waals surface area contributed by atoms with Crippen molar-refractivity contribution in [2.75, 3.05) is 13.7 Å². The van der Waals surface area contributed by atoms with Gasteiger partial charge in [0.05, 0.1) is 5.60 Å². The van der Waals surface area contributed by atoms with Crippen molar-refractivity contribution in [1.82, 2.24) is 20.1 Å². The van der Waals surface area contributed by atoms with Crippen LogP contribution in [0.15, 0.2) is 6.33 Å². The second-order valence-corrected chi connectivity index (χ2v) is 5.80. The van der Waals surface area contributed by atoms with Crippen LogP contribution in [0, 0.1) is 0 Å². The molecule has 1 aliphatic carbocycles. The van der Waals surface area contributed by atoms with Crippen LogP contribution in [0.1, 0.15) is 51.8 Å². The highest BCUT2D eigenvalue weighted by atomic mass is 16.5. The van der Waals surface area contributed by atoms with Gasteiger partial charge in [0.15, 0.2) is 0 Å². The molecule has 1 heterocycles. The van der Waals surface area contributed by atoms with Gasteiger partial charge in [0.25, 0.3) is 0 Å². The Morgan fingerprint density at radius 2 is 2.25 bits per heavy atom. The van der Waals surface area contributed by atoms with E-state index in [9.17, 15) is 0 Å². The van der Waals surface area contributed by atoms with Gasteiger partial charge in [-0.05, 0) is 38.6 Å². The van der Waals surface area contributed by atoms with E-state index in [0.717, 1.165) is 38.2 Å². The zero-order chi connectivity index (χ0) is 14.4. The Labute approximate surface area is 122 Å². The van der Waals surface area contributed by atoms with Crippen molar-refractivity contribution in [3.63, 3.8) is 0 Å². The molecule has 2 rings (SSSR count). The molecule has 1 saturated carbocycles. The van der Waals surface area contributed by atoms with Gasteiger partial charge < -0.3 is 10.1 Å². The van der Waals surface area contributed by atoms with Crippen LogP contribution in [-0.2, 0) is 17.7 Å². The highest BCUT2D eigenvalue weighted by molar-refractivity contribution is 4.97. The number of aromatic nitrogens is 3. The van der Waals surface area contributed by atoms with E-state index in [1.165, 1.54) is 19.3 Å². The van der Waals surface area contributed by atoms with Crippen molar-refractivity contribution in [2.24, 2.45) is 0 Å². The molecule has 20 heavy (non-hydrogen) atoms. The minimum Gasteiger partial charge on any atom is -0.378 e. The molecular weight excluding hydrogens is 252 g/mol. The summed E-state index contributed by atoms with van der Waals surface area (Å²) in [6.07, 6.45) is 8.42. The Bertz CT molecular complexity index is 395. The molecule has 1 N–H and O–H groups in total. The third kappa shape index (κ3) is 3.58. The number of methoxy groups -OCH3 is 1. The van der Waals surface area contributed by atoms with E-state index < -0.39 is 0 Å². The summed E-state index contributed by atoms with van der Waals surface area (Å²) in [7, 11) is 1.85. The topological polar surface area (TPSA) is 52.0 Å². The van der Waals surface area contributed by atoms with E-state index >= 15 is 0 Å². The van der Waals surface area contributed by atoms with Crippen LogP contribution in [0.2, 0.25) is 0 Å². The van der Waals surface area contributed by atoms with Crippen LogP contribution in [-0.4, -0.2) is 40.1 Å². The Morgan fingerprint density at radius 3 is 2.80 bits per heavy atom. The van der Waals surface area contributed by atoms with Crippen molar-refractivity contribution in [1.29, 1.82) is 0 Å². The monoisotopic (exact) mass is 280 g/mol. The highest BCUT2D eigenvalue weighted by Gasteiger charge is 2.39. The molecule has 0 radical (unpaired) electrons. The fourth-order valence-corrected chi connectivity index (χ4v) is 3.08. The Hall–Kier alpha value is -0.940. The van der Waals surface area contributed by atoms with Gasteiger partial charge >= 0.3 is 0 Å². The maximum absolute atomic E-state index is 5.76. The first-order valence-corrected chi connectivity index (χ1v) is 7.88. The average molecular weight is 280 g/mol. The summed E-state index contributed by atoms with van der Waals surface area (Å²) in [5.74, 6) is 1.09. The fourth-order valence-electron chi connectivity index (χ4n) is 3.08. The number of aryl methyl sites for hydroxylation is 1. The quantitative estimate of drug-likeness (QED) is 0.753. The second kappa shape index (κ2) is 7.18. The molecule has 5 nitrogen and oxygen atoms in total. The molecule has 0 saturated heterocycles. The van der Waals surface area contributed by atoms with Crippen LogP contribution in [0.5, 0.6) is 0 Å². The Morgan fingerprint density at radius 1 is 1.45 bits per heavy atom. The molecule has 1 fully saturated rings. The predicted molar refractivity (Wildman–Crippen MR) is 79.7 cm³/mol. The number of hydrogen-bond acceptors (Lipinski definition) is 4. The molecular formula is C15H28N4O. The lowest BCUT2D eigenvalue weighted by molar-refractivity contribution is -0.0834. The first kappa shape index (κ1) is 15.4. The normalized spacial score (nSPS) is 18.8. The molecule has 1 aromatic rings. The summed E-state index contributed by atoms with van der Waals surface area (Å²) in [5.41, 5.74) is 0.0996. The van der Waals surface area contributed by atoms with Crippen molar-refractivity contribution in [2.45, 2.75) is 70.6 Å². The summed E-state index contributed by atoms with van der Waals surface area (Å²) in [4.78, 5) is 4.43. The molecule has 0 bridgehead atoms. The van der Waals surface area contributed by atoms with Crippen molar-refractivity contribution < 1.29 is 4.74 Å². The van der Waals surface area contributed by atoms with Crippen molar-refractivity contribution in [3.05, 3.63) is 12.2 Å². The highest BCUT2D eigenvalue weighted by Crippen LogP contribution is 2.39. The third-order valence-electron chi connectivity index (χ3n) is 4.37. The molecule has 5 heteroatoms. The van der Waals surface area contributed by atoms with E-state index in [4.69, 9.17) is 4.74 Å². The van der Waals surface area contributed by atoms with Gasteiger partial charge in [0.2, 0.25) is 0 Å². The van der Waals surface area contributed by atoms with Crippen LogP contribution in [0.3, 0.4) is 0 Å². The van der Waals surface area contributed by atoms with Gasteiger partial charge in [-0.2, -0.15) is 5.10 Å². The van der Waals surface area contributed by atoms with Gasteiger partial charge in [-0.15, -0.1) is 0 Å². The Balaban J connectivity index is 1.99. The molecule has 1 aromatic heterocycles. The van der Waals surface area contributed by atoms with E-state index in [1.54, 1.807) is 6.33 Å². The van der Waals surface area contributed by atoms with Crippen LogP contribution < -0.4 is 5.32 Å². The number of rotatable bonds is 9. The summed E-state index contributed by atoms with van der Waals surface area (Å²) in [5, 5.41) is 7.90. The average Bonchev–Trinajstić information content (AvgIpc) is 2.82. The minimum atomic E-state index is 0.0996. The van der Waals surface area contributed by atoms with Crippen LogP contribution >= 0.6 is 0 Å². The summed E-state index contributed by atoms with van der Waals surface area (Å²) in [6, 6.07) is 0.417. The van der Waals surface area contributed by atoms with Crippen LogP contribution in [0.4, 0.5) is 0 Å². The molecule has 0 aliphatic heterocycles. The SMILES string of the molecule is CCCn1ncnc1CC(CC1(OC)CCC1)NCC. The van der Waals surface area contributed by atoms with E-state index in [0.29, 0.717) is 6.04 Å². The van der Waals surface area contributed by atoms with Crippen molar-refractivity contribution >= 4 is 0 Å². The maximum Gasteiger partial charge on any atom is 0.138 e. The van der Waals surface area contributed by atoms with Gasteiger partial charge in [0, 0.05) is 26.1 Å². The number of hydrogen-bond donors (Lipinski definition) is 1. The molecule has 1 atom stereocenters. The minimum absolute atomic E-state index is 0.0996. The van der Waals surface area contributed by atoms with E-state index in [-0.39, 0.29) is 5.60 Å². The van der Waals surface area contributed by atoms with E-state index in [1.807, 2.05) is 11.8 Å². The van der Waals surface area contributed by atoms with Crippen LogP contribution in [0.25, 0.3) is 0 Å². The molecule has 1 aliphatic rings. The molecule has 114 valence electrons. The third-order valence-corrected chi connectivity index (χ3v) is 4.37. The molecule has 1 unspecified atom stereocenters. The first-order valence-electron chi connectivity index (χ1n) is 7.88. The smallest absolute Gasteiger partial charge is 0.138 e. The summed E-state index contributed by atoms with van der Waals surface area (Å²) >= 11 is 0. The van der Waals surface area contributed by atoms with Gasteiger partial charge in [0.1, 0.15) is 12.2 Å². The second-order valence-electron chi connectivity index (χ2n) is 5.80. The zero-order valence-electron chi connectivity index (χ0n) is 13.1. The van der Waals surface area contributed by atoms with Gasteiger partial charge in [-0.3, -0.25) is 4.68 Å². The molecule has 0 aromatic carbocycles. The van der Waals surface area contributed by atoms with Gasteiger partial charge in [-0.25, -0.2) is 4.98 Å². The zero-order valence-corrected chi connectivity index (χ0v) is 13.1. The first-order chi connectivity index (χ1) is 9.73. The lowest BCUT2D eigenvalue weighted by Gasteiger charge is -2.43. The standard InChI is InChI=1S/C15H28N4O/c1-4-9-19-14(17-12-18-19)10-13(16-5-2)11-15(20-3)7-6-8-15/h12-13,16H,4-11H2,1-3H3. The molecule has 0 spiro atoms. The lowest BCUT2D eigenvalue weighted by Crippen LogP contribution is -2.46. The van der Waals surface area contributed by atoms with Gasteiger partial charge in [-0.1, -0.05) is 13.8 Å². The number of likely N-dealkylation sites (N-methyl/N-ethyl adjacent to an activating group) is 1. The van der Waals surface area contributed by atoms with Crippen molar-refractivity contribution in [3.8, 4) is 0 Å². The number of nitrogens with one attached hydrogen (secondary N) is 1. The lowest BCUT2D eigenvalue weighted by atomic mass is 9.75. The Kier molecular flexibility index (Phi) is 5.54. The largest absolute Gasteiger partial charge is 0.378 e. The summed E-state index contributed by atoms with van der Waals surface area (Å²) in [6.45, 7) is 6.25. The maximum atomic E-state index is 5.76.